The van der Waals surface area contributed by atoms with Gasteiger partial charge in [0, 0.05) is 38.3 Å². The summed E-state index contributed by atoms with van der Waals surface area (Å²) in [7, 11) is 0. The molecule has 5 rings (SSSR count). The highest BCUT2D eigenvalue weighted by atomic mass is 16.5. The van der Waals surface area contributed by atoms with Gasteiger partial charge in [-0.2, -0.15) is 0 Å². The molecule has 1 aliphatic heterocycles. The van der Waals surface area contributed by atoms with Crippen molar-refractivity contribution in [2.45, 2.75) is 20.4 Å². The Hall–Kier alpha value is -3.51. The average molecular weight is 427 g/mol. The molecule has 0 aliphatic carbocycles. The molecule has 32 heavy (non-hydrogen) atoms. The van der Waals surface area contributed by atoms with E-state index in [0.717, 1.165) is 30.9 Å². The minimum Gasteiger partial charge on any atom is -0.336 e. The molecule has 0 unspecified atom stereocenters. The molecule has 1 fully saturated rings. The lowest BCUT2D eigenvalue weighted by atomic mass is 10.0. The zero-order valence-electron chi connectivity index (χ0n) is 18.4. The van der Waals surface area contributed by atoms with Gasteiger partial charge in [0.05, 0.1) is 22.3 Å². The number of benzene rings is 2. The molecule has 3 heterocycles. The largest absolute Gasteiger partial charge is 0.336 e. The Labute approximate surface area is 187 Å². The summed E-state index contributed by atoms with van der Waals surface area (Å²) in [6, 6.07) is 20.2. The number of carbonyl (C=O) groups excluding carboxylic acids is 1. The van der Waals surface area contributed by atoms with Gasteiger partial charge in [0.2, 0.25) is 0 Å². The summed E-state index contributed by atoms with van der Waals surface area (Å²) in [5.41, 5.74) is 6.02. The van der Waals surface area contributed by atoms with E-state index in [1.165, 1.54) is 11.1 Å². The van der Waals surface area contributed by atoms with Crippen LogP contribution in [0.15, 0.2) is 65.2 Å². The maximum atomic E-state index is 13.6. The van der Waals surface area contributed by atoms with Crippen molar-refractivity contribution in [1.29, 1.82) is 0 Å². The van der Waals surface area contributed by atoms with Crippen LogP contribution >= 0.6 is 0 Å². The van der Waals surface area contributed by atoms with Crippen molar-refractivity contribution in [1.82, 2.24) is 19.9 Å². The standard InChI is InChI=1S/C26H26N4O2/c1-18-8-6-7-11-21(18)17-29-12-14-30(15-13-29)26(31)22-16-23(20-9-4-3-5-10-20)27-25-24(22)19(2)28-32-25/h3-11,16H,12-15,17H2,1-2H3. The number of aromatic nitrogens is 2. The van der Waals surface area contributed by atoms with Crippen LogP contribution in [0.3, 0.4) is 0 Å². The van der Waals surface area contributed by atoms with Crippen LogP contribution in [0.25, 0.3) is 22.4 Å². The number of nitrogens with zero attached hydrogens (tertiary/aromatic N) is 4. The highest BCUT2D eigenvalue weighted by molar-refractivity contribution is 6.07. The molecule has 0 spiro atoms. The van der Waals surface area contributed by atoms with Gasteiger partial charge < -0.3 is 9.42 Å². The highest BCUT2D eigenvalue weighted by Crippen LogP contribution is 2.28. The number of hydrogen-bond acceptors (Lipinski definition) is 5. The molecule has 6 heteroatoms. The molecule has 1 saturated heterocycles. The van der Waals surface area contributed by atoms with Gasteiger partial charge in [-0.3, -0.25) is 9.69 Å². The van der Waals surface area contributed by atoms with E-state index >= 15 is 0 Å². The van der Waals surface area contributed by atoms with E-state index in [4.69, 9.17) is 4.52 Å². The van der Waals surface area contributed by atoms with Crippen LogP contribution in [0.2, 0.25) is 0 Å². The second-order valence-electron chi connectivity index (χ2n) is 8.36. The second kappa shape index (κ2) is 8.55. The van der Waals surface area contributed by atoms with Crippen molar-refractivity contribution in [3.8, 4) is 11.3 Å². The number of piperazine rings is 1. The van der Waals surface area contributed by atoms with Crippen LogP contribution < -0.4 is 0 Å². The predicted molar refractivity (Wildman–Crippen MR) is 124 cm³/mol. The lowest BCUT2D eigenvalue weighted by Crippen LogP contribution is -2.48. The zero-order chi connectivity index (χ0) is 22.1. The van der Waals surface area contributed by atoms with E-state index in [9.17, 15) is 4.79 Å². The summed E-state index contributed by atoms with van der Waals surface area (Å²) in [6.45, 7) is 8.00. The summed E-state index contributed by atoms with van der Waals surface area (Å²) >= 11 is 0. The third-order valence-electron chi connectivity index (χ3n) is 6.23. The Balaban J connectivity index is 1.38. The highest BCUT2D eigenvalue weighted by Gasteiger charge is 2.26. The van der Waals surface area contributed by atoms with Crippen LogP contribution in [0.4, 0.5) is 0 Å². The van der Waals surface area contributed by atoms with Crippen molar-refractivity contribution in [2.24, 2.45) is 0 Å². The molecule has 1 amide bonds. The van der Waals surface area contributed by atoms with E-state index in [2.05, 4.69) is 46.2 Å². The number of amides is 1. The minimum atomic E-state index is 0.0106. The Bertz CT molecular complexity index is 1260. The fourth-order valence-corrected chi connectivity index (χ4v) is 4.33. The summed E-state index contributed by atoms with van der Waals surface area (Å²) in [4.78, 5) is 22.5. The number of hydrogen-bond donors (Lipinski definition) is 0. The molecule has 0 bridgehead atoms. The van der Waals surface area contributed by atoms with Crippen LogP contribution in [0.1, 0.15) is 27.2 Å². The fourth-order valence-electron chi connectivity index (χ4n) is 4.33. The minimum absolute atomic E-state index is 0.0106. The van der Waals surface area contributed by atoms with Crippen LogP contribution in [0.5, 0.6) is 0 Å². The smallest absolute Gasteiger partial charge is 0.259 e. The SMILES string of the molecule is Cc1ccccc1CN1CCN(C(=O)c2cc(-c3ccccc3)nc3onc(C)c23)CC1. The molecule has 0 N–H and O–H groups in total. The van der Waals surface area contributed by atoms with Crippen molar-refractivity contribution >= 4 is 17.0 Å². The topological polar surface area (TPSA) is 62.5 Å². The van der Waals surface area contributed by atoms with Gasteiger partial charge >= 0.3 is 0 Å². The molecular formula is C26H26N4O2. The molecule has 6 nitrogen and oxygen atoms in total. The number of pyridine rings is 1. The Morgan fingerprint density at radius 2 is 1.69 bits per heavy atom. The summed E-state index contributed by atoms with van der Waals surface area (Å²) < 4.78 is 5.44. The Kier molecular flexibility index (Phi) is 5.45. The van der Waals surface area contributed by atoms with Gasteiger partial charge in [0.15, 0.2) is 0 Å². The molecule has 0 atom stereocenters. The lowest BCUT2D eigenvalue weighted by Gasteiger charge is -2.35. The van der Waals surface area contributed by atoms with E-state index in [1.54, 1.807) is 0 Å². The van der Waals surface area contributed by atoms with Crippen LogP contribution in [-0.4, -0.2) is 52.0 Å². The third kappa shape index (κ3) is 3.89. The zero-order valence-corrected chi connectivity index (χ0v) is 18.4. The molecule has 2 aromatic heterocycles. The van der Waals surface area contributed by atoms with Gasteiger partial charge in [0.25, 0.3) is 11.6 Å². The van der Waals surface area contributed by atoms with Crippen LogP contribution in [0, 0.1) is 13.8 Å². The summed E-state index contributed by atoms with van der Waals surface area (Å²) in [5, 5.41) is 4.77. The Morgan fingerprint density at radius 1 is 0.969 bits per heavy atom. The first-order valence-corrected chi connectivity index (χ1v) is 11.0. The summed E-state index contributed by atoms with van der Waals surface area (Å²) in [6.07, 6.45) is 0. The monoisotopic (exact) mass is 426 g/mol. The van der Waals surface area contributed by atoms with Gasteiger partial charge in [-0.25, -0.2) is 4.98 Å². The lowest BCUT2D eigenvalue weighted by molar-refractivity contribution is 0.0630. The number of rotatable bonds is 4. The van der Waals surface area contributed by atoms with Gasteiger partial charge in [-0.15, -0.1) is 0 Å². The van der Waals surface area contributed by atoms with E-state index < -0.39 is 0 Å². The van der Waals surface area contributed by atoms with E-state index in [-0.39, 0.29) is 5.91 Å². The molecule has 0 saturated carbocycles. The molecule has 0 radical (unpaired) electrons. The Morgan fingerprint density at radius 3 is 2.44 bits per heavy atom. The maximum absolute atomic E-state index is 13.6. The molecule has 1 aliphatic rings. The van der Waals surface area contributed by atoms with Crippen molar-refractivity contribution in [2.75, 3.05) is 26.2 Å². The number of carbonyl (C=O) groups is 1. The number of aryl methyl sites for hydroxylation is 2. The predicted octanol–water partition coefficient (Wildman–Crippen LogP) is 4.46. The van der Waals surface area contributed by atoms with Crippen molar-refractivity contribution in [3.63, 3.8) is 0 Å². The van der Waals surface area contributed by atoms with E-state index in [1.807, 2.05) is 48.2 Å². The molecule has 162 valence electrons. The maximum Gasteiger partial charge on any atom is 0.259 e. The van der Waals surface area contributed by atoms with Gasteiger partial charge in [-0.1, -0.05) is 59.8 Å². The first-order valence-electron chi connectivity index (χ1n) is 11.0. The van der Waals surface area contributed by atoms with E-state index in [0.29, 0.717) is 35.4 Å². The normalized spacial score (nSPS) is 14.8. The number of fused-ring (bicyclic) bond motifs is 1. The third-order valence-corrected chi connectivity index (χ3v) is 6.23. The second-order valence-corrected chi connectivity index (χ2v) is 8.36. The molecule has 4 aromatic rings. The molecular weight excluding hydrogens is 400 g/mol. The average Bonchev–Trinajstić information content (AvgIpc) is 3.21. The van der Waals surface area contributed by atoms with Crippen molar-refractivity contribution < 1.29 is 9.32 Å². The van der Waals surface area contributed by atoms with Crippen LogP contribution in [-0.2, 0) is 6.54 Å². The quantitative estimate of drug-likeness (QED) is 0.482. The fraction of sp³-hybridized carbons (Fsp3) is 0.269. The van der Waals surface area contributed by atoms with Gasteiger partial charge in [0.1, 0.15) is 0 Å². The van der Waals surface area contributed by atoms with Crippen molar-refractivity contribution in [3.05, 3.63) is 83.0 Å². The molecule has 2 aromatic carbocycles. The first-order chi connectivity index (χ1) is 15.6. The summed E-state index contributed by atoms with van der Waals surface area (Å²) in [5.74, 6) is 0.0106. The van der Waals surface area contributed by atoms with Gasteiger partial charge in [-0.05, 0) is 31.0 Å². The first kappa shape index (κ1) is 20.4.